The number of anilines is 1. The highest BCUT2D eigenvalue weighted by atomic mass is 32.1. The van der Waals surface area contributed by atoms with Gasteiger partial charge in [-0.05, 0) is 74.6 Å². The number of hydrogen-bond acceptors (Lipinski definition) is 9. The van der Waals surface area contributed by atoms with E-state index in [9.17, 15) is 14.7 Å². The fraction of sp³-hybridized carbons (Fsp3) is 0.400. The van der Waals surface area contributed by atoms with Gasteiger partial charge < -0.3 is 19.3 Å². The monoisotopic (exact) mass is 563 g/mol. The second-order valence-electron chi connectivity index (χ2n) is 10.4. The maximum atomic E-state index is 13.5. The normalized spacial score (nSPS) is 19.7. The van der Waals surface area contributed by atoms with Crippen LogP contribution in [0.1, 0.15) is 61.9 Å². The third-order valence-corrected chi connectivity index (χ3v) is 7.71. The van der Waals surface area contributed by atoms with Crippen LogP contribution >= 0.6 is 11.3 Å². The topological polar surface area (TPSA) is 111 Å². The number of benzene rings is 2. The number of amides is 1. The van der Waals surface area contributed by atoms with Crippen molar-refractivity contribution in [3.8, 4) is 17.2 Å². The molecule has 0 aliphatic carbocycles. The van der Waals surface area contributed by atoms with Gasteiger partial charge in [-0.1, -0.05) is 31.3 Å². The van der Waals surface area contributed by atoms with E-state index in [0.29, 0.717) is 53.2 Å². The number of ether oxygens (including phenoxy) is 3. The minimum atomic E-state index is -0.945. The molecule has 40 heavy (non-hydrogen) atoms. The zero-order valence-corrected chi connectivity index (χ0v) is 24.1. The van der Waals surface area contributed by atoms with Crippen LogP contribution in [0.5, 0.6) is 17.2 Å². The van der Waals surface area contributed by atoms with Gasteiger partial charge in [0.25, 0.3) is 5.78 Å². The Hall–Kier alpha value is -3.92. The molecule has 0 spiro atoms. The highest BCUT2D eigenvalue weighted by Crippen LogP contribution is 2.45. The van der Waals surface area contributed by atoms with Crippen LogP contribution in [-0.2, 0) is 16.0 Å². The molecule has 5 rings (SSSR count). The summed E-state index contributed by atoms with van der Waals surface area (Å²) in [6.07, 6.45) is 1.60. The summed E-state index contributed by atoms with van der Waals surface area (Å²) in [5, 5.41) is 20.7. The van der Waals surface area contributed by atoms with Gasteiger partial charge in [-0.15, -0.1) is 10.2 Å². The van der Waals surface area contributed by atoms with Gasteiger partial charge in [0.2, 0.25) is 5.13 Å². The second-order valence-corrected chi connectivity index (χ2v) is 11.6. The summed E-state index contributed by atoms with van der Waals surface area (Å²) in [5.41, 5.74) is 1.92. The SMILES string of the molecule is CCOc1cc([C@@H]2C(=C(O)c3ccc4c(c3)C[C@@H](C)O4)C(=O)C(=O)N2c2nnc(C)s2)ccc1OCCC(C)C. The molecule has 1 aromatic heterocycles. The van der Waals surface area contributed by atoms with Crippen LogP contribution in [-0.4, -0.2) is 46.3 Å². The average molecular weight is 564 g/mol. The van der Waals surface area contributed by atoms with Crippen molar-refractivity contribution in [2.24, 2.45) is 5.92 Å². The lowest BCUT2D eigenvalue weighted by Crippen LogP contribution is -2.29. The number of aryl methyl sites for hydroxylation is 1. The Bertz CT molecular complexity index is 1480. The first-order valence-electron chi connectivity index (χ1n) is 13.5. The largest absolute Gasteiger partial charge is 0.507 e. The predicted molar refractivity (Wildman–Crippen MR) is 152 cm³/mol. The smallest absolute Gasteiger partial charge is 0.301 e. The molecule has 1 amide bonds. The molecule has 210 valence electrons. The highest BCUT2D eigenvalue weighted by Gasteiger charge is 2.48. The predicted octanol–water partition coefficient (Wildman–Crippen LogP) is 5.62. The number of aliphatic hydroxyl groups excluding tert-OH is 1. The molecule has 3 aromatic rings. The summed E-state index contributed by atoms with van der Waals surface area (Å²) < 4.78 is 17.7. The standard InChI is InChI=1S/C30H33N3O6S/c1-6-37-24-15-19(7-10-23(24)38-12-11-16(2)3)26-25(28(35)29(36)33(26)30-32-31-18(5)40-30)27(34)20-8-9-22-21(14-20)13-17(4)39-22/h7-10,14-17,26,34H,6,11-13H2,1-5H3/t17-,26-/m1/s1. The van der Waals surface area contributed by atoms with E-state index < -0.39 is 17.7 Å². The summed E-state index contributed by atoms with van der Waals surface area (Å²) in [6.45, 7) is 10.8. The van der Waals surface area contributed by atoms with Crippen LogP contribution < -0.4 is 19.1 Å². The fourth-order valence-electron chi connectivity index (χ4n) is 4.94. The van der Waals surface area contributed by atoms with Gasteiger partial charge in [0.05, 0.1) is 24.8 Å². The van der Waals surface area contributed by atoms with E-state index in [1.807, 2.05) is 19.9 Å². The number of carbonyl (C=O) groups is 2. The van der Waals surface area contributed by atoms with Crippen molar-refractivity contribution in [2.45, 2.75) is 59.6 Å². The van der Waals surface area contributed by atoms with Gasteiger partial charge in [0.15, 0.2) is 11.5 Å². The number of carbonyl (C=O) groups excluding carboxylic acids is 2. The molecule has 1 N–H and O–H groups in total. The lowest BCUT2D eigenvalue weighted by atomic mass is 9.94. The molecule has 1 fully saturated rings. The lowest BCUT2D eigenvalue weighted by Gasteiger charge is -2.24. The van der Waals surface area contributed by atoms with Crippen molar-refractivity contribution in [1.82, 2.24) is 10.2 Å². The van der Waals surface area contributed by atoms with E-state index in [1.54, 1.807) is 37.3 Å². The van der Waals surface area contributed by atoms with Crippen LogP contribution in [0.2, 0.25) is 0 Å². The minimum Gasteiger partial charge on any atom is -0.507 e. The summed E-state index contributed by atoms with van der Waals surface area (Å²) in [7, 11) is 0. The third kappa shape index (κ3) is 5.28. The van der Waals surface area contributed by atoms with Crippen LogP contribution in [0.4, 0.5) is 5.13 Å². The minimum absolute atomic E-state index is 0.0249. The van der Waals surface area contributed by atoms with Crippen LogP contribution in [0.15, 0.2) is 42.0 Å². The maximum Gasteiger partial charge on any atom is 0.301 e. The Balaban J connectivity index is 1.63. The van der Waals surface area contributed by atoms with Gasteiger partial charge >= 0.3 is 5.91 Å². The van der Waals surface area contributed by atoms with Crippen molar-refractivity contribution in [3.63, 3.8) is 0 Å². The van der Waals surface area contributed by atoms with Gasteiger partial charge in [-0.2, -0.15) is 0 Å². The molecule has 2 aliphatic rings. The van der Waals surface area contributed by atoms with Crippen molar-refractivity contribution in [3.05, 3.63) is 63.7 Å². The number of aliphatic hydroxyl groups is 1. The molecule has 2 aliphatic heterocycles. The van der Waals surface area contributed by atoms with E-state index in [1.165, 1.54) is 16.2 Å². The molecule has 0 radical (unpaired) electrons. The first-order chi connectivity index (χ1) is 19.2. The van der Waals surface area contributed by atoms with E-state index in [-0.39, 0.29) is 22.6 Å². The first-order valence-corrected chi connectivity index (χ1v) is 14.3. The molecular formula is C30H33N3O6S. The second kappa shape index (κ2) is 11.3. The van der Waals surface area contributed by atoms with Gasteiger partial charge in [0, 0.05) is 12.0 Å². The molecule has 2 atom stereocenters. The molecule has 3 heterocycles. The maximum absolute atomic E-state index is 13.5. The summed E-state index contributed by atoms with van der Waals surface area (Å²) >= 11 is 1.20. The van der Waals surface area contributed by atoms with Crippen molar-refractivity contribution in [2.75, 3.05) is 18.1 Å². The lowest BCUT2D eigenvalue weighted by molar-refractivity contribution is -0.132. The van der Waals surface area contributed by atoms with E-state index in [4.69, 9.17) is 14.2 Å². The van der Waals surface area contributed by atoms with Gasteiger partial charge in [0.1, 0.15) is 22.6 Å². The van der Waals surface area contributed by atoms with Crippen molar-refractivity contribution in [1.29, 1.82) is 0 Å². The van der Waals surface area contributed by atoms with Crippen molar-refractivity contribution < 1.29 is 28.9 Å². The average Bonchev–Trinajstić information content (AvgIpc) is 3.58. The zero-order valence-electron chi connectivity index (χ0n) is 23.3. The molecular weight excluding hydrogens is 530 g/mol. The number of Topliss-reactive ketones (excluding diaryl/α,β-unsaturated/α-hetero) is 1. The number of nitrogens with zero attached hydrogens (tertiary/aromatic N) is 3. The molecule has 1 saturated heterocycles. The number of ketones is 1. The van der Waals surface area contributed by atoms with Crippen molar-refractivity contribution >= 4 is 33.9 Å². The number of rotatable bonds is 9. The molecule has 0 unspecified atom stereocenters. The van der Waals surface area contributed by atoms with Gasteiger partial charge in [-0.25, -0.2) is 0 Å². The Kier molecular flexibility index (Phi) is 7.80. The third-order valence-electron chi connectivity index (χ3n) is 6.87. The van der Waals surface area contributed by atoms with E-state index in [0.717, 1.165) is 17.7 Å². The summed E-state index contributed by atoms with van der Waals surface area (Å²) in [4.78, 5) is 28.3. The highest BCUT2D eigenvalue weighted by molar-refractivity contribution is 7.15. The van der Waals surface area contributed by atoms with E-state index >= 15 is 0 Å². The molecule has 2 aromatic carbocycles. The Labute approximate surface area is 237 Å². The zero-order chi connectivity index (χ0) is 28.6. The Morgan fingerprint density at radius 2 is 1.95 bits per heavy atom. The number of fused-ring (bicyclic) bond motifs is 1. The van der Waals surface area contributed by atoms with Crippen LogP contribution in [0.25, 0.3) is 5.76 Å². The van der Waals surface area contributed by atoms with Crippen LogP contribution in [0, 0.1) is 12.8 Å². The summed E-state index contributed by atoms with van der Waals surface area (Å²) in [6, 6.07) is 9.67. The first kappa shape index (κ1) is 27.6. The Morgan fingerprint density at radius 1 is 1.15 bits per heavy atom. The molecule has 0 bridgehead atoms. The molecule has 9 nitrogen and oxygen atoms in total. The number of hydrogen-bond donors (Lipinski definition) is 1. The molecule has 10 heteroatoms. The quantitative estimate of drug-likeness (QED) is 0.203. The van der Waals surface area contributed by atoms with Crippen LogP contribution in [0.3, 0.4) is 0 Å². The number of aromatic nitrogens is 2. The fourth-order valence-corrected chi connectivity index (χ4v) is 5.65. The molecule has 0 saturated carbocycles. The van der Waals surface area contributed by atoms with E-state index in [2.05, 4.69) is 24.0 Å². The van der Waals surface area contributed by atoms with Gasteiger partial charge in [-0.3, -0.25) is 14.5 Å². The summed E-state index contributed by atoms with van der Waals surface area (Å²) in [5.74, 6) is 0.462. The Morgan fingerprint density at radius 3 is 2.65 bits per heavy atom.